The zero-order valence-electron chi connectivity index (χ0n) is 6.77. The molecule has 0 unspecified atom stereocenters. The van der Waals surface area contributed by atoms with E-state index in [1.165, 1.54) is 6.07 Å². The van der Waals surface area contributed by atoms with Crippen LogP contribution in [0.1, 0.15) is 11.3 Å². The van der Waals surface area contributed by atoms with Crippen LogP contribution < -0.4 is 0 Å². The first-order valence-electron chi connectivity index (χ1n) is 3.53. The molecule has 0 aliphatic carbocycles. The number of pyridine rings is 1. The Kier molecular flexibility index (Phi) is 3.31. The number of nitrogens with zero attached hydrogens (tertiary/aromatic N) is 2. The van der Waals surface area contributed by atoms with Crippen molar-refractivity contribution in [3.8, 4) is 6.07 Å². The van der Waals surface area contributed by atoms with E-state index >= 15 is 0 Å². The number of hydrogen-bond donors (Lipinski definition) is 0. The summed E-state index contributed by atoms with van der Waals surface area (Å²) in [7, 11) is 0. The van der Waals surface area contributed by atoms with Crippen molar-refractivity contribution in [3.63, 3.8) is 0 Å². The predicted octanol–water partition coefficient (Wildman–Crippen LogP) is 2.77. The summed E-state index contributed by atoms with van der Waals surface area (Å²) in [5.74, 6) is 0. The lowest BCUT2D eigenvalue weighted by molar-refractivity contribution is -0.141. The fourth-order valence-corrected chi connectivity index (χ4v) is 1.72. The van der Waals surface area contributed by atoms with Gasteiger partial charge >= 0.3 is 6.18 Å². The van der Waals surface area contributed by atoms with Crippen LogP contribution in [-0.2, 0) is 12.6 Å². The molecule has 0 spiro atoms. The first-order valence-corrected chi connectivity index (χ1v) is 4.61. The number of nitriles is 1. The molecule has 6 heteroatoms. The molecule has 0 radical (unpaired) electrons. The molecular weight excluding hydrogens is 308 g/mol. The molecule has 0 aliphatic rings. The molecule has 0 saturated heterocycles. The van der Waals surface area contributed by atoms with Crippen molar-refractivity contribution < 1.29 is 13.2 Å². The lowest BCUT2D eigenvalue weighted by Gasteiger charge is -2.07. The number of halogens is 4. The highest BCUT2D eigenvalue weighted by Crippen LogP contribution is 2.31. The van der Waals surface area contributed by atoms with Gasteiger partial charge in [0, 0.05) is 9.77 Å². The molecule has 0 aromatic carbocycles. The minimum Gasteiger partial charge on any atom is -0.250 e. The Morgan fingerprint density at radius 3 is 2.57 bits per heavy atom. The average Bonchev–Trinajstić information content (AvgIpc) is 2.02. The van der Waals surface area contributed by atoms with E-state index in [2.05, 4.69) is 4.98 Å². The predicted molar refractivity (Wildman–Crippen MR) is 51.3 cm³/mol. The summed E-state index contributed by atoms with van der Waals surface area (Å²) < 4.78 is 36.7. The topological polar surface area (TPSA) is 36.7 Å². The van der Waals surface area contributed by atoms with Gasteiger partial charge in [-0.1, -0.05) is 0 Å². The fourth-order valence-electron chi connectivity index (χ4n) is 0.874. The largest absolute Gasteiger partial charge is 0.434 e. The summed E-state index contributed by atoms with van der Waals surface area (Å²) in [5.41, 5.74) is -0.412. The van der Waals surface area contributed by atoms with Crippen molar-refractivity contribution in [2.45, 2.75) is 12.6 Å². The van der Waals surface area contributed by atoms with Crippen molar-refractivity contribution in [2.24, 2.45) is 0 Å². The van der Waals surface area contributed by atoms with E-state index in [4.69, 9.17) is 5.26 Å². The fraction of sp³-hybridized carbons (Fsp3) is 0.250. The molecule has 0 atom stereocenters. The van der Waals surface area contributed by atoms with Gasteiger partial charge in [0.25, 0.3) is 0 Å². The minimum atomic E-state index is -4.43. The van der Waals surface area contributed by atoms with Crippen LogP contribution in [0, 0.1) is 14.9 Å². The van der Waals surface area contributed by atoms with E-state index in [1.54, 1.807) is 22.6 Å². The Morgan fingerprint density at radius 2 is 2.14 bits per heavy atom. The maximum Gasteiger partial charge on any atom is 0.434 e. The lowest BCUT2D eigenvalue weighted by Crippen LogP contribution is -2.10. The van der Waals surface area contributed by atoms with Gasteiger partial charge < -0.3 is 0 Å². The molecule has 0 fully saturated rings. The van der Waals surface area contributed by atoms with Gasteiger partial charge in [0.2, 0.25) is 0 Å². The third-order valence-corrected chi connectivity index (χ3v) is 2.27. The monoisotopic (exact) mass is 312 g/mol. The molecule has 0 N–H and O–H groups in total. The van der Waals surface area contributed by atoms with Gasteiger partial charge in [-0.2, -0.15) is 18.4 Å². The second kappa shape index (κ2) is 4.13. The van der Waals surface area contributed by atoms with Gasteiger partial charge in [-0.25, -0.2) is 0 Å². The number of aromatic nitrogens is 1. The van der Waals surface area contributed by atoms with E-state index in [-0.39, 0.29) is 9.99 Å². The van der Waals surface area contributed by atoms with Crippen molar-refractivity contribution in [1.82, 2.24) is 4.98 Å². The standard InChI is InChI=1S/C8H4F3IN2/c9-8(10,11)7-6(12)3-5(1-2-13)4-14-7/h3-4H,1H2. The Hall–Kier alpha value is -0.840. The van der Waals surface area contributed by atoms with Crippen LogP contribution in [0.25, 0.3) is 0 Å². The summed E-state index contributed by atoms with van der Waals surface area (Å²) in [5, 5.41) is 8.34. The number of alkyl halides is 3. The van der Waals surface area contributed by atoms with Gasteiger partial charge in [-0.05, 0) is 34.2 Å². The quantitative estimate of drug-likeness (QED) is 0.748. The molecule has 2 nitrogen and oxygen atoms in total. The van der Waals surface area contributed by atoms with E-state index in [9.17, 15) is 13.2 Å². The Bertz CT molecular complexity index is 381. The zero-order chi connectivity index (χ0) is 10.8. The van der Waals surface area contributed by atoms with Crippen molar-refractivity contribution in [2.75, 3.05) is 0 Å². The summed E-state index contributed by atoms with van der Waals surface area (Å²) in [4.78, 5) is 3.28. The zero-order valence-corrected chi connectivity index (χ0v) is 8.93. The minimum absolute atomic E-state index is 0.0165. The van der Waals surface area contributed by atoms with Crippen LogP contribution in [0.2, 0.25) is 0 Å². The first kappa shape index (κ1) is 11.2. The SMILES string of the molecule is N#CCc1cnc(C(F)(F)F)c(I)c1. The third-order valence-electron chi connectivity index (χ3n) is 1.45. The van der Waals surface area contributed by atoms with Gasteiger partial charge in [0.05, 0.1) is 12.5 Å². The van der Waals surface area contributed by atoms with Crippen LogP contribution >= 0.6 is 22.6 Å². The van der Waals surface area contributed by atoms with Crippen molar-refractivity contribution in [3.05, 3.63) is 27.1 Å². The molecule has 0 bridgehead atoms. The van der Waals surface area contributed by atoms with E-state index in [0.717, 1.165) is 6.20 Å². The second-order valence-electron chi connectivity index (χ2n) is 2.51. The van der Waals surface area contributed by atoms with Crippen molar-refractivity contribution >= 4 is 22.6 Å². The smallest absolute Gasteiger partial charge is 0.250 e. The summed E-state index contributed by atoms with van der Waals surface area (Å²) in [6.07, 6.45) is -3.28. The van der Waals surface area contributed by atoms with E-state index < -0.39 is 11.9 Å². The van der Waals surface area contributed by atoms with E-state index in [0.29, 0.717) is 5.56 Å². The van der Waals surface area contributed by atoms with Crippen LogP contribution in [-0.4, -0.2) is 4.98 Å². The summed E-state index contributed by atoms with van der Waals surface area (Å²) in [6.45, 7) is 0. The molecule has 0 amide bonds. The second-order valence-corrected chi connectivity index (χ2v) is 3.67. The van der Waals surface area contributed by atoms with Gasteiger partial charge in [-0.3, -0.25) is 4.98 Å². The number of hydrogen-bond acceptors (Lipinski definition) is 2. The Morgan fingerprint density at radius 1 is 1.50 bits per heavy atom. The molecule has 1 aromatic heterocycles. The molecule has 1 heterocycles. The van der Waals surface area contributed by atoms with Crippen molar-refractivity contribution in [1.29, 1.82) is 5.26 Å². The van der Waals surface area contributed by atoms with E-state index in [1.807, 2.05) is 6.07 Å². The van der Waals surface area contributed by atoms with Gasteiger partial charge in [0.1, 0.15) is 0 Å². The highest BCUT2D eigenvalue weighted by Gasteiger charge is 2.34. The average molecular weight is 312 g/mol. The maximum atomic E-state index is 12.2. The maximum absolute atomic E-state index is 12.2. The number of rotatable bonds is 1. The molecule has 74 valence electrons. The molecule has 14 heavy (non-hydrogen) atoms. The van der Waals surface area contributed by atoms with Crippen LogP contribution in [0.5, 0.6) is 0 Å². The van der Waals surface area contributed by atoms with Crippen LogP contribution in [0.15, 0.2) is 12.3 Å². The molecule has 0 aliphatic heterocycles. The molecule has 1 aromatic rings. The normalized spacial score (nSPS) is 11.1. The molecule has 0 saturated carbocycles. The molecule has 1 rings (SSSR count). The first-order chi connectivity index (χ1) is 6.45. The summed E-state index contributed by atoms with van der Waals surface area (Å²) in [6, 6.07) is 3.16. The van der Waals surface area contributed by atoms with Gasteiger partial charge in [0.15, 0.2) is 5.69 Å². The highest BCUT2D eigenvalue weighted by atomic mass is 127. The Labute approximate surface area is 91.9 Å². The Balaban J connectivity index is 3.09. The van der Waals surface area contributed by atoms with Crippen LogP contribution in [0.4, 0.5) is 13.2 Å². The van der Waals surface area contributed by atoms with Gasteiger partial charge in [-0.15, -0.1) is 0 Å². The molecular formula is C8H4F3IN2. The lowest BCUT2D eigenvalue weighted by atomic mass is 10.2. The third kappa shape index (κ3) is 2.57. The highest BCUT2D eigenvalue weighted by molar-refractivity contribution is 14.1. The summed E-state index contributed by atoms with van der Waals surface area (Å²) >= 11 is 1.56. The van der Waals surface area contributed by atoms with Crippen LogP contribution in [0.3, 0.4) is 0 Å².